The van der Waals surface area contributed by atoms with Crippen molar-refractivity contribution >= 4 is 17.6 Å². The molecule has 0 saturated heterocycles. The van der Waals surface area contributed by atoms with Gasteiger partial charge in [0.15, 0.2) is 0 Å². The van der Waals surface area contributed by atoms with Crippen LogP contribution in [0.1, 0.15) is 58.4 Å². The third-order valence-corrected chi connectivity index (χ3v) is 4.84. The minimum absolute atomic E-state index is 0.0483. The van der Waals surface area contributed by atoms with E-state index in [2.05, 4.69) is 20.8 Å². The summed E-state index contributed by atoms with van der Waals surface area (Å²) in [5.74, 6) is 0.275. The van der Waals surface area contributed by atoms with Gasteiger partial charge in [0.2, 0.25) is 0 Å². The second-order valence-electron chi connectivity index (χ2n) is 7.62. The third kappa shape index (κ3) is 5.13. The topological polar surface area (TPSA) is 46.5 Å². The van der Waals surface area contributed by atoms with Crippen LogP contribution in [0.2, 0.25) is 5.02 Å². The van der Waals surface area contributed by atoms with Gasteiger partial charge >= 0.3 is 5.97 Å². The zero-order chi connectivity index (χ0) is 17.0. The fourth-order valence-electron chi connectivity index (χ4n) is 3.26. The summed E-state index contributed by atoms with van der Waals surface area (Å²) in [6.45, 7) is 6.99. The molecule has 3 nitrogen and oxygen atoms in total. The molecule has 2 atom stereocenters. The first-order chi connectivity index (χ1) is 10.8. The van der Waals surface area contributed by atoms with Crippen molar-refractivity contribution in [1.29, 1.82) is 0 Å². The number of ether oxygens (including phenoxy) is 1. The van der Waals surface area contributed by atoms with E-state index in [1.54, 1.807) is 0 Å². The van der Waals surface area contributed by atoms with Crippen molar-refractivity contribution in [3.05, 3.63) is 28.8 Å². The molecule has 0 aliphatic heterocycles. The first-order valence-electron chi connectivity index (χ1n) is 8.43. The Morgan fingerprint density at radius 2 is 2.00 bits per heavy atom. The van der Waals surface area contributed by atoms with Gasteiger partial charge in [0.1, 0.15) is 5.75 Å². The molecular formula is C19H27ClO3. The lowest BCUT2D eigenvalue weighted by atomic mass is 9.86. The van der Waals surface area contributed by atoms with E-state index in [-0.39, 0.29) is 11.3 Å². The molecule has 0 radical (unpaired) electrons. The number of hydrogen-bond donors (Lipinski definition) is 1. The maximum atomic E-state index is 11.3. The molecule has 0 amide bonds. The minimum Gasteiger partial charge on any atom is -0.493 e. The van der Waals surface area contributed by atoms with Gasteiger partial charge in [-0.25, -0.2) is 0 Å². The van der Waals surface area contributed by atoms with E-state index in [0.717, 1.165) is 37.0 Å². The fraction of sp³-hybridized carbons (Fsp3) is 0.632. The van der Waals surface area contributed by atoms with Crippen LogP contribution in [0, 0.1) is 11.8 Å². The molecule has 4 heteroatoms. The van der Waals surface area contributed by atoms with E-state index < -0.39 is 5.97 Å². The molecule has 0 heterocycles. The Hall–Kier alpha value is -1.22. The van der Waals surface area contributed by atoms with Crippen LogP contribution in [-0.4, -0.2) is 17.7 Å². The molecular weight excluding hydrogens is 312 g/mol. The SMILES string of the molecule is CC(C)(C)c1cc(Cl)ccc1OCC1CCCCC(C(=O)O)C1. The summed E-state index contributed by atoms with van der Waals surface area (Å²) in [6, 6.07) is 5.73. The number of hydrogen-bond acceptors (Lipinski definition) is 2. The van der Waals surface area contributed by atoms with Gasteiger partial charge in [-0.1, -0.05) is 45.2 Å². The smallest absolute Gasteiger partial charge is 0.306 e. The largest absolute Gasteiger partial charge is 0.493 e. The Morgan fingerprint density at radius 1 is 1.30 bits per heavy atom. The second-order valence-corrected chi connectivity index (χ2v) is 8.06. The molecule has 1 aliphatic rings. The summed E-state index contributed by atoms with van der Waals surface area (Å²) in [5.41, 5.74) is 1.04. The maximum absolute atomic E-state index is 11.3. The Bertz CT molecular complexity index is 548. The van der Waals surface area contributed by atoms with Crippen LogP contribution >= 0.6 is 11.6 Å². The average Bonchev–Trinajstić information content (AvgIpc) is 2.70. The van der Waals surface area contributed by atoms with Gasteiger partial charge in [-0.15, -0.1) is 0 Å². The lowest BCUT2D eigenvalue weighted by molar-refractivity contribution is -0.142. The highest BCUT2D eigenvalue weighted by molar-refractivity contribution is 6.30. The number of aliphatic carboxylic acids is 1. The van der Waals surface area contributed by atoms with E-state index in [1.165, 1.54) is 0 Å². The maximum Gasteiger partial charge on any atom is 0.306 e. The van der Waals surface area contributed by atoms with Gasteiger partial charge in [-0.2, -0.15) is 0 Å². The highest BCUT2D eigenvalue weighted by Gasteiger charge is 2.26. The summed E-state index contributed by atoms with van der Waals surface area (Å²) in [7, 11) is 0. The molecule has 0 bridgehead atoms. The second kappa shape index (κ2) is 7.57. The number of halogens is 1. The Labute approximate surface area is 144 Å². The molecule has 1 N–H and O–H groups in total. The van der Waals surface area contributed by atoms with Crippen LogP contribution in [0.25, 0.3) is 0 Å². The molecule has 1 saturated carbocycles. The standard InChI is InChI=1S/C19H27ClO3/c1-19(2,3)16-11-15(20)8-9-17(16)23-12-13-6-4-5-7-14(10-13)18(21)22/h8-9,11,13-14H,4-7,10,12H2,1-3H3,(H,21,22). The summed E-state index contributed by atoms with van der Waals surface area (Å²) in [4.78, 5) is 11.3. The predicted molar refractivity (Wildman–Crippen MR) is 93.3 cm³/mol. The molecule has 2 unspecified atom stereocenters. The molecule has 0 aromatic heterocycles. The number of rotatable bonds is 4. The molecule has 0 spiro atoms. The van der Waals surface area contributed by atoms with Crippen LogP contribution in [-0.2, 0) is 10.2 Å². The van der Waals surface area contributed by atoms with Gasteiger partial charge < -0.3 is 9.84 Å². The fourth-order valence-corrected chi connectivity index (χ4v) is 3.43. The van der Waals surface area contributed by atoms with Crippen molar-refractivity contribution in [2.45, 2.75) is 58.3 Å². The van der Waals surface area contributed by atoms with E-state index in [9.17, 15) is 9.90 Å². The normalized spacial score (nSPS) is 22.4. The van der Waals surface area contributed by atoms with Crippen molar-refractivity contribution in [2.75, 3.05) is 6.61 Å². The lowest BCUT2D eigenvalue weighted by Crippen LogP contribution is -2.21. The van der Waals surface area contributed by atoms with E-state index in [4.69, 9.17) is 16.3 Å². The Kier molecular flexibility index (Phi) is 5.96. The quantitative estimate of drug-likeness (QED) is 0.758. The minimum atomic E-state index is -0.668. The molecule has 1 aliphatic carbocycles. The van der Waals surface area contributed by atoms with Crippen molar-refractivity contribution in [1.82, 2.24) is 0 Å². The molecule has 1 fully saturated rings. The molecule has 23 heavy (non-hydrogen) atoms. The third-order valence-electron chi connectivity index (χ3n) is 4.61. The highest BCUT2D eigenvalue weighted by atomic mass is 35.5. The summed E-state index contributed by atoms with van der Waals surface area (Å²) < 4.78 is 6.09. The van der Waals surface area contributed by atoms with E-state index in [0.29, 0.717) is 24.0 Å². The van der Waals surface area contributed by atoms with Gasteiger partial charge in [-0.3, -0.25) is 4.79 Å². The van der Waals surface area contributed by atoms with Crippen LogP contribution in [0.15, 0.2) is 18.2 Å². The first kappa shape index (κ1) is 18.1. The van der Waals surface area contributed by atoms with Crippen LogP contribution in [0.3, 0.4) is 0 Å². The number of carboxylic acid groups (broad SMARTS) is 1. The molecule has 2 rings (SSSR count). The van der Waals surface area contributed by atoms with Crippen molar-refractivity contribution in [3.8, 4) is 5.75 Å². The average molecular weight is 339 g/mol. The van der Waals surface area contributed by atoms with Gasteiger partial charge in [0.25, 0.3) is 0 Å². The number of carboxylic acids is 1. The van der Waals surface area contributed by atoms with E-state index >= 15 is 0 Å². The van der Waals surface area contributed by atoms with Crippen molar-refractivity contribution in [2.24, 2.45) is 11.8 Å². The zero-order valence-electron chi connectivity index (χ0n) is 14.3. The molecule has 128 valence electrons. The monoisotopic (exact) mass is 338 g/mol. The summed E-state index contributed by atoms with van der Waals surface area (Å²) in [6.07, 6.45) is 4.64. The Balaban J connectivity index is 2.07. The van der Waals surface area contributed by atoms with Gasteiger partial charge in [-0.05, 0) is 48.8 Å². The van der Waals surface area contributed by atoms with E-state index in [1.807, 2.05) is 18.2 Å². The van der Waals surface area contributed by atoms with Crippen LogP contribution < -0.4 is 4.74 Å². The van der Waals surface area contributed by atoms with Gasteiger partial charge in [0, 0.05) is 10.6 Å². The molecule has 1 aromatic carbocycles. The Morgan fingerprint density at radius 3 is 2.65 bits per heavy atom. The summed E-state index contributed by atoms with van der Waals surface area (Å²) in [5, 5.41) is 10.0. The molecule has 1 aromatic rings. The zero-order valence-corrected chi connectivity index (χ0v) is 15.0. The van der Waals surface area contributed by atoms with Crippen LogP contribution in [0.5, 0.6) is 5.75 Å². The highest BCUT2D eigenvalue weighted by Crippen LogP contribution is 2.35. The number of carbonyl (C=O) groups is 1. The predicted octanol–water partition coefficient (Wildman–Crippen LogP) is 5.30. The van der Waals surface area contributed by atoms with Crippen LogP contribution in [0.4, 0.5) is 0 Å². The number of benzene rings is 1. The van der Waals surface area contributed by atoms with Crippen molar-refractivity contribution in [3.63, 3.8) is 0 Å². The lowest BCUT2D eigenvalue weighted by Gasteiger charge is -2.25. The summed E-state index contributed by atoms with van der Waals surface area (Å²) >= 11 is 6.13. The first-order valence-corrected chi connectivity index (χ1v) is 8.81. The van der Waals surface area contributed by atoms with Crippen molar-refractivity contribution < 1.29 is 14.6 Å². The van der Waals surface area contributed by atoms with Gasteiger partial charge in [0.05, 0.1) is 12.5 Å².